The van der Waals surface area contributed by atoms with Gasteiger partial charge < -0.3 is 10.6 Å². The molecule has 0 aromatic rings. The zero-order valence-corrected chi connectivity index (χ0v) is 8.94. The maximum atomic E-state index is 11.7. The first-order valence-electron chi connectivity index (χ1n) is 5.78. The van der Waals surface area contributed by atoms with Gasteiger partial charge in [0, 0.05) is 12.5 Å². The van der Waals surface area contributed by atoms with Gasteiger partial charge in [-0.05, 0) is 38.6 Å². The molecule has 1 atom stereocenters. The maximum Gasteiger partial charge on any atom is 0.223 e. The standard InChI is InChI=1S/C11H20N2O/c1-2-11(6-3-7-12-8-11)13-10(14)9-4-5-9/h9,12H,2-8H2,1H3,(H,13,14). The van der Waals surface area contributed by atoms with E-state index in [1.54, 1.807) is 0 Å². The third kappa shape index (κ3) is 2.08. The van der Waals surface area contributed by atoms with Crippen LogP contribution in [-0.4, -0.2) is 24.5 Å². The first kappa shape index (κ1) is 9.97. The average molecular weight is 196 g/mol. The summed E-state index contributed by atoms with van der Waals surface area (Å²) in [5.74, 6) is 0.621. The molecular weight excluding hydrogens is 176 g/mol. The monoisotopic (exact) mass is 196 g/mol. The Bertz CT molecular complexity index is 217. The van der Waals surface area contributed by atoms with E-state index in [4.69, 9.17) is 0 Å². The molecule has 2 N–H and O–H groups in total. The van der Waals surface area contributed by atoms with E-state index in [1.165, 1.54) is 6.42 Å². The van der Waals surface area contributed by atoms with Gasteiger partial charge in [-0.1, -0.05) is 6.92 Å². The molecule has 1 amide bonds. The molecule has 0 aromatic heterocycles. The van der Waals surface area contributed by atoms with E-state index in [2.05, 4.69) is 17.6 Å². The zero-order valence-electron chi connectivity index (χ0n) is 8.94. The van der Waals surface area contributed by atoms with Gasteiger partial charge in [0.1, 0.15) is 0 Å². The van der Waals surface area contributed by atoms with Crippen LogP contribution in [0.3, 0.4) is 0 Å². The summed E-state index contributed by atoms with van der Waals surface area (Å²) in [5.41, 5.74) is 0.0535. The Morgan fingerprint density at radius 1 is 1.57 bits per heavy atom. The van der Waals surface area contributed by atoms with Crippen LogP contribution in [0.5, 0.6) is 0 Å². The molecule has 2 rings (SSSR count). The van der Waals surface area contributed by atoms with Crippen molar-refractivity contribution in [3.8, 4) is 0 Å². The lowest BCUT2D eigenvalue weighted by Gasteiger charge is -2.37. The van der Waals surface area contributed by atoms with E-state index < -0.39 is 0 Å². The highest BCUT2D eigenvalue weighted by Crippen LogP contribution is 2.30. The minimum absolute atomic E-state index is 0.0535. The first-order valence-corrected chi connectivity index (χ1v) is 5.78. The molecule has 1 aliphatic heterocycles. The molecule has 1 saturated carbocycles. The van der Waals surface area contributed by atoms with E-state index in [0.717, 1.165) is 38.8 Å². The van der Waals surface area contributed by atoms with Gasteiger partial charge >= 0.3 is 0 Å². The number of rotatable bonds is 3. The number of nitrogens with one attached hydrogen (secondary N) is 2. The molecule has 0 radical (unpaired) electrons. The SMILES string of the molecule is CCC1(NC(=O)C2CC2)CCCNC1. The summed E-state index contributed by atoms with van der Waals surface area (Å²) in [5, 5.41) is 6.62. The molecule has 1 heterocycles. The van der Waals surface area contributed by atoms with Crippen molar-refractivity contribution in [2.45, 2.75) is 44.6 Å². The Morgan fingerprint density at radius 2 is 2.36 bits per heavy atom. The minimum atomic E-state index is 0.0535. The van der Waals surface area contributed by atoms with Crippen molar-refractivity contribution in [2.24, 2.45) is 5.92 Å². The predicted molar refractivity (Wildman–Crippen MR) is 56.0 cm³/mol. The number of hydrogen-bond acceptors (Lipinski definition) is 2. The molecule has 3 nitrogen and oxygen atoms in total. The second kappa shape index (κ2) is 3.89. The largest absolute Gasteiger partial charge is 0.349 e. The molecule has 0 bridgehead atoms. The molecule has 14 heavy (non-hydrogen) atoms. The van der Waals surface area contributed by atoms with Crippen molar-refractivity contribution in [3.63, 3.8) is 0 Å². The molecule has 80 valence electrons. The summed E-state index contributed by atoms with van der Waals surface area (Å²) >= 11 is 0. The minimum Gasteiger partial charge on any atom is -0.349 e. The number of carbonyl (C=O) groups excluding carboxylic acids is 1. The van der Waals surface area contributed by atoms with Crippen LogP contribution in [0.4, 0.5) is 0 Å². The third-order valence-electron chi connectivity index (χ3n) is 3.49. The van der Waals surface area contributed by atoms with E-state index in [-0.39, 0.29) is 11.4 Å². The smallest absolute Gasteiger partial charge is 0.223 e. The summed E-state index contributed by atoms with van der Waals surface area (Å²) in [6.45, 7) is 4.21. The lowest BCUT2D eigenvalue weighted by molar-refractivity contribution is -0.124. The Morgan fingerprint density at radius 3 is 2.86 bits per heavy atom. The third-order valence-corrected chi connectivity index (χ3v) is 3.49. The highest BCUT2D eigenvalue weighted by molar-refractivity contribution is 5.81. The normalized spacial score (nSPS) is 32.6. The number of hydrogen-bond donors (Lipinski definition) is 2. The van der Waals surface area contributed by atoms with Crippen molar-refractivity contribution in [3.05, 3.63) is 0 Å². The molecule has 3 heteroatoms. The Kier molecular flexibility index (Phi) is 2.77. The van der Waals surface area contributed by atoms with Gasteiger partial charge in [0.25, 0.3) is 0 Å². The molecule has 1 aliphatic carbocycles. The summed E-state index contributed by atoms with van der Waals surface area (Å²) in [7, 11) is 0. The predicted octanol–water partition coefficient (Wildman–Crippen LogP) is 1.04. The molecule has 1 unspecified atom stereocenters. The summed E-state index contributed by atoms with van der Waals surface area (Å²) in [4.78, 5) is 11.7. The number of carbonyl (C=O) groups is 1. The van der Waals surface area contributed by atoms with E-state index in [9.17, 15) is 4.79 Å². The zero-order chi connectivity index (χ0) is 10.0. The summed E-state index contributed by atoms with van der Waals surface area (Å²) in [6, 6.07) is 0. The lowest BCUT2D eigenvalue weighted by Crippen LogP contribution is -2.57. The highest BCUT2D eigenvalue weighted by atomic mass is 16.2. The van der Waals surface area contributed by atoms with Crippen molar-refractivity contribution in [1.82, 2.24) is 10.6 Å². The van der Waals surface area contributed by atoms with Gasteiger partial charge in [-0.15, -0.1) is 0 Å². The van der Waals surface area contributed by atoms with Crippen LogP contribution < -0.4 is 10.6 Å². The fourth-order valence-corrected chi connectivity index (χ4v) is 2.17. The maximum absolute atomic E-state index is 11.7. The van der Waals surface area contributed by atoms with Crippen LogP contribution >= 0.6 is 0 Å². The van der Waals surface area contributed by atoms with Gasteiger partial charge in [-0.25, -0.2) is 0 Å². The molecule has 0 spiro atoms. The Hall–Kier alpha value is -0.570. The van der Waals surface area contributed by atoms with E-state index >= 15 is 0 Å². The fraction of sp³-hybridized carbons (Fsp3) is 0.909. The average Bonchev–Trinajstić information content (AvgIpc) is 3.02. The molecule has 2 fully saturated rings. The van der Waals surface area contributed by atoms with Gasteiger partial charge in [-0.3, -0.25) is 4.79 Å². The quantitative estimate of drug-likeness (QED) is 0.708. The Labute approximate surface area is 85.6 Å². The van der Waals surface area contributed by atoms with Crippen molar-refractivity contribution >= 4 is 5.91 Å². The van der Waals surface area contributed by atoms with Crippen molar-refractivity contribution in [1.29, 1.82) is 0 Å². The summed E-state index contributed by atoms with van der Waals surface area (Å²) in [6.07, 6.45) is 5.55. The topological polar surface area (TPSA) is 41.1 Å². The Balaban J connectivity index is 1.92. The van der Waals surface area contributed by atoms with Crippen LogP contribution in [0.25, 0.3) is 0 Å². The van der Waals surface area contributed by atoms with E-state index in [1.807, 2.05) is 0 Å². The molecule has 0 aromatic carbocycles. The van der Waals surface area contributed by atoms with E-state index in [0.29, 0.717) is 5.92 Å². The fourth-order valence-electron chi connectivity index (χ4n) is 2.17. The molecule has 2 aliphatic rings. The number of amides is 1. The summed E-state index contributed by atoms with van der Waals surface area (Å²) < 4.78 is 0. The first-order chi connectivity index (χ1) is 6.76. The van der Waals surface area contributed by atoms with Crippen LogP contribution in [0.2, 0.25) is 0 Å². The molecule has 1 saturated heterocycles. The van der Waals surface area contributed by atoms with Gasteiger partial charge in [0.05, 0.1) is 5.54 Å². The van der Waals surface area contributed by atoms with Crippen molar-refractivity contribution < 1.29 is 4.79 Å². The molecular formula is C11H20N2O. The van der Waals surface area contributed by atoms with Crippen molar-refractivity contribution in [2.75, 3.05) is 13.1 Å². The highest BCUT2D eigenvalue weighted by Gasteiger charge is 2.37. The van der Waals surface area contributed by atoms with Crippen LogP contribution in [0, 0.1) is 5.92 Å². The second-order valence-electron chi connectivity index (χ2n) is 4.68. The van der Waals surface area contributed by atoms with Crippen LogP contribution in [0.15, 0.2) is 0 Å². The lowest BCUT2D eigenvalue weighted by atomic mass is 9.87. The second-order valence-corrected chi connectivity index (χ2v) is 4.68. The van der Waals surface area contributed by atoms with Gasteiger partial charge in [-0.2, -0.15) is 0 Å². The van der Waals surface area contributed by atoms with Gasteiger partial charge in [0.2, 0.25) is 5.91 Å². The number of piperidine rings is 1. The van der Waals surface area contributed by atoms with Crippen LogP contribution in [-0.2, 0) is 4.79 Å². The van der Waals surface area contributed by atoms with Gasteiger partial charge in [0.15, 0.2) is 0 Å². The van der Waals surface area contributed by atoms with Crippen LogP contribution in [0.1, 0.15) is 39.0 Å².